The van der Waals surface area contributed by atoms with E-state index in [1.807, 2.05) is 25.1 Å². The molecule has 0 saturated heterocycles. The Morgan fingerprint density at radius 2 is 1.47 bits per heavy atom. The summed E-state index contributed by atoms with van der Waals surface area (Å²) >= 11 is 0. The predicted molar refractivity (Wildman–Crippen MR) is 247 cm³/mol. The average molecular weight is 774 g/mol. The maximum Gasteiger partial charge on any atom is 0.137 e. The van der Waals surface area contributed by atoms with Crippen LogP contribution in [0.5, 0.6) is 0 Å². The summed E-state index contributed by atoms with van der Waals surface area (Å²) in [7, 11) is 0. The molecule has 0 fully saturated rings. The molecule has 0 N–H and O–H groups in total. The molecule has 0 spiro atoms. The number of nitriles is 2. The minimum absolute atomic E-state index is 0.0329. The van der Waals surface area contributed by atoms with Crippen LogP contribution >= 0.6 is 0 Å². The molecule has 59 heavy (non-hydrogen) atoms. The van der Waals surface area contributed by atoms with Crippen molar-refractivity contribution in [2.24, 2.45) is 0 Å². The largest absolute Gasteiger partial charge is 0.462 e. The van der Waals surface area contributed by atoms with Crippen LogP contribution in [0.15, 0.2) is 102 Å². The second-order valence-corrected chi connectivity index (χ2v) is 18.9. The van der Waals surface area contributed by atoms with Crippen molar-refractivity contribution in [3.8, 4) is 12.1 Å². The molecule has 3 aliphatic heterocycles. The number of benzene rings is 6. The van der Waals surface area contributed by atoms with Crippen molar-refractivity contribution in [3.05, 3.63) is 141 Å². The van der Waals surface area contributed by atoms with Crippen LogP contribution in [-0.2, 0) is 29.4 Å². The summed E-state index contributed by atoms with van der Waals surface area (Å²) in [5.74, 6) is 2.14. The molecule has 1 unspecified atom stereocenters. The zero-order valence-electron chi connectivity index (χ0n) is 36.0. The first kappa shape index (κ1) is 38.7. The number of rotatable bonds is 7. The van der Waals surface area contributed by atoms with Crippen molar-refractivity contribution in [2.45, 2.75) is 117 Å². The van der Waals surface area contributed by atoms with Gasteiger partial charge in [-0.25, -0.2) is 0 Å². The third-order valence-corrected chi connectivity index (χ3v) is 13.4. The molecule has 6 aromatic carbocycles. The van der Waals surface area contributed by atoms with Gasteiger partial charge in [-0.3, -0.25) is 0 Å². The Labute approximate surface area is 350 Å². The van der Waals surface area contributed by atoms with E-state index < -0.39 is 0 Å². The topological polar surface area (TPSA) is 60.1 Å². The van der Waals surface area contributed by atoms with Gasteiger partial charge in [-0.15, -0.1) is 0 Å². The highest BCUT2D eigenvalue weighted by molar-refractivity contribution is 6.33. The highest BCUT2D eigenvalue weighted by atomic mass is 16.5. The molecule has 6 aromatic rings. The standard InChI is InChI=1S/C55H55N3O/c1-9-35-19-42-23-39(32(2)3)27-49-50-28-40(24-43-25-45(55(6,7)8)29-51(53(43)50)48(22-35)52(42)49)33(4)17-46-14-13-38-21-36(20-37-11-10-16-58(46)54(37)38)12-15-47-26-41(18-34(5)59-47)44(30-56)31-57/h12,15,18-29,32-33,46H,9-11,13-14,16-17H2,1-8H3/b15-12+/t33-,46?/m0/s1. The number of fused-ring (bicyclic) bond motifs is 2. The maximum atomic E-state index is 9.42. The lowest BCUT2D eigenvalue weighted by Gasteiger charge is -2.44. The quantitative estimate of drug-likeness (QED) is 0.0921. The summed E-state index contributed by atoms with van der Waals surface area (Å²) in [6.45, 7) is 19.4. The number of anilines is 1. The molecule has 3 heterocycles. The minimum atomic E-state index is 0.0329. The van der Waals surface area contributed by atoms with Gasteiger partial charge in [0.25, 0.3) is 0 Å². The van der Waals surface area contributed by atoms with Gasteiger partial charge in [0.15, 0.2) is 0 Å². The Hall–Kier alpha value is -5.84. The maximum absolute atomic E-state index is 9.42. The van der Waals surface area contributed by atoms with Gasteiger partial charge in [0, 0.05) is 23.8 Å². The molecule has 4 nitrogen and oxygen atoms in total. The predicted octanol–water partition coefficient (Wildman–Crippen LogP) is 14.2. The Kier molecular flexibility index (Phi) is 9.68. The zero-order chi connectivity index (χ0) is 41.3. The Morgan fingerprint density at radius 1 is 0.814 bits per heavy atom. The molecule has 0 saturated carbocycles. The van der Waals surface area contributed by atoms with E-state index in [4.69, 9.17) is 4.74 Å². The Bertz CT molecular complexity index is 2880. The fourth-order valence-electron chi connectivity index (χ4n) is 10.3. The van der Waals surface area contributed by atoms with E-state index in [1.54, 1.807) is 12.2 Å². The Morgan fingerprint density at radius 3 is 2.17 bits per heavy atom. The summed E-state index contributed by atoms with van der Waals surface area (Å²) in [5.41, 5.74) is 11.9. The molecule has 0 aromatic heterocycles. The molecule has 0 aliphatic carbocycles. The van der Waals surface area contributed by atoms with Crippen LogP contribution in [0.3, 0.4) is 0 Å². The van der Waals surface area contributed by atoms with Crippen LogP contribution in [-0.4, -0.2) is 12.6 Å². The van der Waals surface area contributed by atoms with E-state index in [0.29, 0.717) is 35.0 Å². The first-order valence-corrected chi connectivity index (χ1v) is 21.8. The smallest absolute Gasteiger partial charge is 0.137 e. The van der Waals surface area contributed by atoms with Gasteiger partial charge in [-0.1, -0.05) is 97.0 Å². The molecule has 9 rings (SSSR count). The second-order valence-electron chi connectivity index (χ2n) is 18.9. The zero-order valence-corrected chi connectivity index (χ0v) is 36.0. The monoisotopic (exact) mass is 773 g/mol. The van der Waals surface area contributed by atoms with Gasteiger partial charge >= 0.3 is 0 Å². The molecular weight excluding hydrogens is 719 g/mol. The van der Waals surface area contributed by atoms with Crippen LogP contribution < -0.4 is 4.90 Å². The van der Waals surface area contributed by atoms with Crippen molar-refractivity contribution in [1.29, 1.82) is 10.5 Å². The van der Waals surface area contributed by atoms with Gasteiger partial charge < -0.3 is 9.64 Å². The number of allylic oxidation sites excluding steroid dienone is 6. The average Bonchev–Trinajstić information content (AvgIpc) is 3.21. The van der Waals surface area contributed by atoms with Crippen LogP contribution in [0.4, 0.5) is 5.69 Å². The number of aryl methyl sites for hydroxylation is 3. The minimum Gasteiger partial charge on any atom is -0.462 e. The lowest BCUT2D eigenvalue weighted by atomic mass is 9.79. The summed E-state index contributed by atoms with van der Waals surface area (Å²) < 4.78 is 5.96. The third-order valence-electron chi connectivity index (χ3n) is 13.4. The van der Waals surface area contributed by atoms with Gasteiger partial charge in [0.05, 0.1) is 0 Å². The van der Waals surface area contributed by atoms with Crippen molar-refractivity contribution in [1.82, 2.24) is 0 Å². The number of hydrogen-bond acceptors (Lipinski definition) is 4. The van der Waals surface area contributed by atoms with Gasteiger partial charge in [-0.05, 0) is 181 Å². The molecule has 4 heteroatoms. The van der Waals surface area contributed by atoms with Crippen molar-refractivity contribution < 1.29 is 4.74 Å². The van der Waals surface area contributed by atoms with Crippen LogP contribution in [0, 0.1) is 22.7 Å². The Balaban J connectivity index is 1.08. The van der Waals surface area contributed by atoms with Crippen LogP contribution in [0.25, 0.3) is 49.2 Å². The summed E-state index contributed by atoms with van der Waals surface area (Å²) in [6.07, 6.45) is 14.2. The molecule has 0 radical (unpaired) electrons. The molecular formula is C55H55N3O. The van der Waals surface area contributed by atoms with E-state index in [2.05, 4.69) is 120 Å². The van der Waals surface area contributed by atoms with E-state index >= 15 is 0 Å². The first-order chi connectivity index (χ1) is 28.3. The molecule has 3 aliphatic rings. The van der Waals surface area contributed by atoms with E-state index in [-0.39, 0.29) is 11.0 Å². The normalized spacial score (nSPS) is 17.4. The summed E-state index contributed by atoms with van der Waals surface area (Å²) in [5, 5.41) is 30.0. The van der Waals surface area contributed by atoms with Gasteiger partial charge in [0.1, 0.15) is 29.2 Å². The number of nitrogens with zero attached hydrogens (tertiary/aromatic N) is 3. The lowest BCUT2D eigenvalue weighted by Crippen LogP contribution is -2.43. The first-order valence-electron chi connectivity index (χ1n) is 21.8. The molecule has 2 atom stereocenters. The van der Waals surface area contributed by atoms with Crippen LogP contribution in [0.2, 0.25) is 0 Å². The van der Waals surface area contributed by atoms with Crippen molar-refractivity contribution >= 4 is 54.9 Å². The molecule has 0 bridgehead atoms. The highest BCUT2D eigenvalue weighted by Gasteiger charge is 2.32. The molecule has 296 valence electrons. The fourth-order valence-corrected chi connectivity index (χ4v) is 10.3. The van der Waals surface area contributed by atoms with Crippen molar-refractivity contribution in [3.63, 3.8) is 0 Å². The summed E-state index contributed by atoms with van der Waals surface area (Å²) in [6, 6.07) is 29.2. The van der Waals surface area contributed by atoms with Gasteiger partial charge in [-0.2, -0.15) is 10.5 Å². The number of ether oxygens (including phenoxy) is 1. The van der Waals surface area contributed by atoms with E-state index in [0.717, 1.165) is 50.6 Å². The fraction of sp³-hybridized carbons (Fsp3) is 0.345. The summed E-state index contributed by atoms with van der Waals surface area (Å²) in [4.78, 5) is 2.75. The van der Waals surface area contributed by atoms with Crippen LogP contribution in [0.1, 0.15) is 125 Å². The van der Waals surface area contributed by atoms with E-state index in [1.165, 1.54) is 82.2 Å². The number of hydrogen-bond donors (Lipinski definition) is 0. The second kappa shape index (κ2) is 14.8. The van der Waals surface area contributed by atoms with Gasteiger partial charge in [0.2, 0.25) is 0 Å². The highest BCUT2D eigenvalue weighted by Crippen LogP contribution is 2.46. The third kappa shape index (κ3) is 6.88. The molecule has 0 amide bonds. The van der Waals surface area contributed by atoms with E-state index in [9.17, 15) is 10.5 Å². The lowest BCUT2D eigenvalue weighted by molar-refractivity contribution is 0.318. The van der Waals surface area contributed by atoms with Crippen molar-refractivity contribution in [2.75, 3.05) is 11.4 Å². The SMILES string of the molecule is CCc1cc2cc(C(C)C)cc3c4cc([C@@H](C)CC5CCc6cc(/C=C/C7=CC(=C(C#N)C#N)C=C(C)O7)cc7c6N5CCC7)cc5cc(C(C)(C)C)cc(c(c1)c23)c54.